The number of halogens is 1. The van der Waals surface area contributed by atoms with Crippen molar-refractivity contribution in [3.63, 3.8) is 0 Å². The lowest BCUT2D eigenvalue weighted by Crippen LogP contribution is -1.96. The maximum atomic E-state index is 5.72. The third-order valence-corrected chi connectivity index (χ3v) is 3.20. The minimum absolute atomic E-state index is 0.489. The summed E-state index contributed by atoms with van der Waals surface area (Å²) in [6.07, 6.45) is 0. The number of benzene rings is 2. The van der Waals surface area contributed by atoms with Gasteiger partial charge in [0.05, 0.1) is 18.7 Å². The van der Waals surface area contributed by atoms with E-state index in [1.165, 1.54) is 0 Å². The van der Waals surface area contributed by atoms with Crippen LogP contribution in [-0.4, -0.2) is 14.2 Å². The number of methoxy groups -OCH3 is 2. The summed E-state index contributed by atoms with van der Waals surface area (Å²) in [5.74, 6) is 2.24. The summed E-state index contributed by atoms with van der Waals surface area (Å²) in [5, 5.41) is 0. The zero-order valence-corrected chi connectivity index (χ0v) is 12.4. The molecule has 0 spiro atoms. The van der Waals surface area contributed by atoms with E-state index in [4.69, 9.17) is 14.2 Å². The molecule has 1 radical (unpaired) electrons. The van der Waals surface area contributed by atoms with Crippen LogP contribution in [0.1, 0.15) is 5.56 Å². The number of hydrogen-bond acceptors (Lipinski definition) is 3. The summed E-state index contributed by atoms with van der Waals surface area (Å²) in [6, 6.07) is 14.5. The topological polar surface area (TPSA) is 27.7 Å². The molecule has 0 amide bonds. The molecule has 4 heteroatoms. The highest BCUT2D eigenvalue weighted by Gasteiger charge is 2.04. The Labute approximate surface area is 121 Å². The highest BCUT2D eigenvalue weighted by atomic mass is 79.9. The van der Waals surface area contributed by atoms with E-state index < -0.39 is 0 Å². The molecular weight excluding hydrogens is 308 g/mol. The molecule has 0 heterocycles. The summed E-state index contributed by atoms with van der Waals surface area (Å²) < 4.78 is 16.7. The molecule has 0 bridgehead atoms. The van der Waals surface area contributed by atoms with Crippen LogP contribution in [-0.2, 0) is 6.61 Å². The molecule has 0 saturated carbocycles. The van der Waals surface area contributed by atoms with Crippen LogP contribution in [0, 0.1) is 6.07 Å². The van der Waals surface area contributed by atoms with Crippen LogP contribution in [0.2, 0.25) is 0 Å². The molecule has 0 aliphatic heterocycles. The fourth-order valence-corrected chi connectivity index (χ4v) is 1.99. The minimum Gasteiger partial charge on any atom is -0.497 e. The average molecular weight is 322 g/mol. The highest BCUT2D eigenvalue weighted by Crippen LogP contribution is 2.29. The second kappa shape index (κ2) is 6.48. The number of hydrogen-bond donors (Lipinski definition) is 0. The van der Waals surface area contributed by atoms with Gasteiger partial charge < -0.3 is 14.2 Å². The van der Waals surface area contributed by atoms with E-state index in [-0.39, 0.29) is 0 Å². The van der Waals surface area contributed by atoms with Crippen molar-refractivity contribution >= 4 is 15.9 Å². The molecule has 0 fully saturated rings. The third kappa shape index (κ3) is 3.64. The van der Waals surface area contributed by atoms with Crippen molar-refractivity contribution in [2.75, 3.05) is 14.2 Å². The molecule has 0 atom stereocenters. The Bertz CT molecular complexity index is 538. The molecule has 3 nitrogen and oxygen atoms in total. The van der Waals surface area contributed by atoms with Gasteiger partial charge in [0.1, 0.15) is 23.9 Å². The summed E-state index contributed by atoms with van der Waals surface area (Å²) >= 11 is 3.40. The molecule has 0 N–H and O–H groups in total. The lowest BCUT2D eigenvalue weighted by atomic mass is 10.2. The van der Waals surface area contributed by atoms with E-state index in [0.717, 1.165) is 21.5 Å². The van der Waals surface area contributed by atoms with Gasteiger partial charge in [0, 0.05) is 6.07 Å². The van der Waals surface area contributed by atoms with Gasteiger partial charge in [-0.05, 0) is 45.8 Å². The van der Waals surface area contributed by atoms with Crippen LogP contribution in [0.3, 0.4) is 0 Å². The highest BCUT2D eigenvalue weighted by molar-refractivity contribution is 9.10. The van der Waals surface area contributed by atoms with Crippen molar-refractivity contribution < 1.29 is 14.2 Å². The molecule has 99 valence electrons. The van der Waals surface area contributed by atoms with Crippen molar-refractivity contribution in [2.45, 2.75) is 6.61 Å². The Morgan fingerprint density at radius 1 is 1.00 bits per heavy atom. The second-order valence-electron chi connectivity index (χ2n) is 3.84. The lowest BCUT2D eigenvalue weighted by Gasteiger charge is -2.09. The first-order valence-electron chi connectivity index (χ1n) is 5.74. The monoisotopic (exact) mass is 321 g/mol. The van der Waals surface area contributed by atoms with Gasteiger partial charge in [-0.1, -0.05) is 12.1 Å². The Balaban J connectivity index is 2.01. The van der Waals surface area contributed by atoms with Crippen LogP contribution in [0.25, 0.3) is 0 Å². The van der Waals surface area contributed by atoms with Gasteiger partial charge in [0.2, 0.25) is 0 Å². The van der Waals surface area contributed by atoms with Crippen molar-refractivity contribution in [1.82, 2.24) is 0 Å². The van der Waals surface area contributed by atoms with Crippen molar-refractivity contribution in [2.24, 2.45) is 0 Å². The number of ether oxygens (including phenoxy) is 3. The average Bonchev–Trinajstić information content (AvgIpc) is 2.46. The van der Waals surface area contributed by atoms with Crippen LogP contribution in [0.15, 0.2) is 40.9 Å². The van der Waals surface area contributed by atoms with Gasteiger partial charge in [0.15, 0.2) is 0 Å². The second-order valence-corrected chi connectivity index (χ2v) is 4.63. The van der Waals surface area contributed by atoms with Gasteiger partial charge in [0.25, 0.3) is 0 Å². The van der Waals surface area contributed by atoms with Crippen molar-refractivity contribution in [3.8, 4) is 17.2 Å². The van der Waals surface area contributed by atoms with E-state index in [0.29, 0.717) is 12.4 Å². The van der Waals surface area contributed by atoms with Crippen LogP contribution < -0.4 is 14.2 Å². The maximum Gasteiger partial charge on any atom is 0.134 e. The predicted octanol–water partition coefficient (Wildman–Crippen LogP) is 3.85. The Morgan fingerprint density at radius 2 is 1.74 bits per heavy atom. The quantitative estimate of drug-likeness (QED) is 0.837. The zero-order chi connectivity index (χ0) is 13.7. The normalized spacial score (nSPS) is 10.1. The largest absolute Gasteiger partial charge is 0.497 e. The predicted molar refractivity (Wildman–Crippen MR) is 76.9 cm³/mol. The molecule has 0 unspecified atom stereocenters. The third-order valence-electron chi connectivity index (χ3n) is 2.61. The van der Waals surface area contributed by atoms with E-state index >= 15 is 0 Å². The summed E-state index contributed by atoms with van der Waals surface area (Å²) in [7, 11) is 3.26. The molecule has 0 saturated heterocycles. The van der Waals surface area contributed by atoms with Gasteiger partial charge in [-0.25, -0.2) is 0 Å². The molecule has 19 heavy (non-hydrogen) atoms. The molecule has 2 aromatic rings. The van der Waals surface area contributed by atoms with Crippen molar-refractivity contribution in [1.29, 1.82) is 0 Å². The molecule has 0 aliphatic carbocycles. The smallest absolute Gasteiger partial charge is 0.134 e. The maximum absolute atomic E-state index is 5.72. The van der Waals surface area contributed by atoms with E-state index in [1.54, 1.807) is 14.2 Å². The molecule has 0 aromatic heterocycles. The first kappa shape index (κ1) is 13.7. The molecule has 0 aliphatic rings. The van der Waals surface area contributed by atoms with Crippen LogP contribution >= 0.6 is 15.9 Å². The van der Waals surface area contributed by atoms with Gasteiger partial charge in [-0.2, -0.15) is 0 Å². The summed E-state index contributed by atoms with van der Waals surface area (Å²) in [5.41, 5.74) is 1.07. The first-order valence-corrected chi connectivity index (χ1v) is 6.54. The van der Waals surface area contributed by atoms with E-state index in [1.807, 2.05) is 36.4 Å². The number of rotatable bonds is 5. The van der Waals surface area contributed by atoms with Gasteiger partial charge in [-0.3, -0.25) is 0 Å². The van der Waals surface area contributed by atoms with Gasteiger partial charge in [-0.15, -0.1) is 0 Å². The Hall–Kier alpha value is -1.68. The first-order chi connectivity index (χ1) is 9.22. The van der Waals surface area contributed by atoms with E-state index in [2.05, 4.69) is 22.0 Å². The fourth-order valence-electron chi connectivity index (χ4n) is 1.55. The summed E-state index contributed by atoms with van der Waals surface area (Å²) in [4.78, 5) is 0. The van der Waals surface area contributed by atoms with Crippen LogP contribution in [0.4, 0.5) is 0 Å². The molecule has 2 aromatic carbocycles. The molecule has 2 rings (SSSR count). The van der Waals surface area contributed by atoms with Crippen LogP contribution in [0.5, 0.6) is 17.2 Å². The Kier molecular flexibility index (Phi) is 4.68. The summed E-state index contributed by atoms with van der Waals surface area (Å²) in [6.45, 7) is 0.489. The zero-order valence-electron chi connectivity index (χ0n) is 10.8. The van der Waals surface area contributed by atoms with Crippen molar-refractivity contribution in [3.05, 3.63) is 52.5 Å². The minimum atomic E-state index is 0.489. The molecular formula is C15H14BrO3. The Morgan fingerprint density at radius 3 is 2.32 bits per heavy atom. The SMILES string of the molecule is COc1[c]c(Br)c(OCc2ccc(OC)cc2)cc1. The fraction of sp³-hybridized carbons (Fsp3) is 0.200. The standard InChI is InChI=1S/C15H14BrO3/c1-17-12-5-3-11(4-6-12)10-19-15-8-7-13(18-2)9-14(15)16/h3-8H,10H2,1-2H3. The van der Waals surface area contributed by atoms with E-state index in [9.17, 15) is 0 Å². The van der Waals surface area contributed by atoms with Gasteiger partial charge >= 0.3 is 0 Å². The lowest BCUT2D eigenvalue weighted by molar-refractivity contribution is 0.303.